The highest BCUT2D eigenvalue weighted by Crippen LogP contribution is 2.42. The number of aliphatic hydroxyl groups excluding tert-OH is 2. The van der Waals surface area contributed by atoms with Gasteiger partial charge < -0.3 is 15.3 Å². The summed E-state index contributed by atoms with van der Waals surface area (Å²) < 4.78 is 0. The molecule has 3 atom stereocenters. The summed E-state index contributed by atoms with van der Waals surface area (Å²) >= 11 is 0. The highest BCUT2D eigenvalue weighted by Gasteiger charge is 2.46. The van der Waals surface area contributed by atoms with E-state index in [0.29, 0.717) is 6.42 Å². The highest BCUT2D eigenvalue weighted by atomic mass is 16.3. The molecule has 1 aromatic carbocycles. The summed E-state index contributed by atoms with van der Waals surface area (Å²) in [4.78, 5) is 2.10. The van der Waals surface area contributed by atoms with Crippen molar-refractivity contribution in [2.75, 3.05) is 20.2 Å². The molecular weight excluding hydrogens is 230 g/mol. The fourth-order valence-corrected chi connectivity index (χ4v) is 2.93. The monoisotopic (exact) mass is 251 g/mol. The topological polar surface area (TPSA) is 63.9 Å². The Hall–Kier alpha value is -0.940. The molecule has 1 saturated heterocycles. The predicted molar refractivity (Wildman–Crippen MR) is 69.1 cm³/mol. The first-order valence-electron chi connectivity index (χ1n) is 6.33. The minimum Gasteiger partial charge on any atom is -0.394 e. The third kappa shape index (κ3) is 2.57. The second-order valence-corrected chi connectivity index (χ2v) is 5.19. The Labute approximate surface area is 107 Å². The van der Waals surface area contributed by atoms with Crippen LogP contribution in [0.4, 0.5) is 0 Å². The van der Waals surface area contributed by atoms with Gasteiger partial charge in [0.15, 0.2) is 0 Å². The van der Waals surface area contributed by atoms with Gasteiger partial charge in [-0.2, -0.15) is 0 Å². The molecule has 3 unspecified atom stereocenters. The van der Waals surface area contributed by atoms with Crippen molar-refractivity contribution in [3.63, 3.8) is 0 Å². The van der Waals surface area contributed by atoms with Gasteiger partial charge in [-0.25, -0.2) is 0 Å². The lowest BCUT2D eigenvalue weighted by atomic mass is 9.84. The minimum atomic E-state index is -0.974. The van der Waals surface area contributed by atoms with Gasteiger partial charge in [0.2, 0.25) is 0 Å². The van der Waals surface area contributed by atoms with Crippen LogP contribution >= 0.6 is 0 Å². The van der Waals surface area contributed by atoms with Crippen LogP contribution in [0.1, 0.15) is 24.4 Å². The Bertz CT molecular complexity index is 384. The number of likely N-dealkylation sites (N-methyl/N-ethyl adjacent to an activating group) is 1. The lowest BCUT2D eigenvalue weighted by molar-refractivity contribution is -0.0461. The normalized spacial score (nSPS) is 30.6. The highest BCUT2D eigenvalue weighted by molar-refractivity contribution is 5.24. The van der Waals surface area contributed by atoms with Crippen molar-refractivity contribution in [1.82, 2.24) is 4.90 Å². The lowest BCUT2D eigenvalue weighted by Crippen LogP contribution is -2.40. The zero-order valence-electron chi connectivity index (χ0n) is 10.7. The molecule has 0 aromatic heterocycles. The van der Waals surface area contributed by atoms with Crippen molar-refractivity contribution in [2.45, 2.75) is 30.6 Å². The zero-order chi connectivity index (χ0) is 13.2. The Morgan fingerprint density at radius 1 is 1.39 bits per heavy atom. The Balaban J connectivity index is 2.24. The van der Waals surface area contributed by atoms with Crippen molar-refractivity contribution in [3.05, 3.63) is 35.9 Å². The first-order valence-corrected chi connectivity index (χ1v) is 6.33. The van der Waals surface area contributed by atoms with Crippen molar-refractivity contribution < 1.29 is 15.3 Å². The van der Waals surface area contributed by atoms with Crippen molar-refractivity contribution >= 4 is 0 Å². The largest absolute Gasteiger partial charge is 0.394 e. The maximum Gasteiger partial charge on any atom is 0.0881 e. The molecule has 0 aliphatic carbocycles. The number of benzene rings is 1. The smallest absolute Gasteiger partial charge is 0.0881 e. The quantitative estimate of drug-likeness (QED) is 0.731. The van der Waals surface area contributed by atoms with Crippen LogP contribution in [0, 0.1) is 0 Å². The molecule has 4 heteroatoms. The first-order chi connectivity index (χ1) is 8.57. The van der Waals surface area contributed by atoms with Crippen molar-refractivity contribution in [2.24, 2.45) is 0 Å². The third-order valence-electron chi connectivity index (χ3n) is 3.76. The fourth-order valence-electron chi connectivity index (χ4n) is 2.93. The summed E-state index contributed by atoms with van der Waals surface area (Å²) in [5, 5.41) is 29.3. The maximum atomic E-state index is 10.8. The van der Waals surface area contributed by atoms with Gasteiger partial charge >= 0.3 is 0 Å². The van der Waals surface area contributed by atoms with Gasteiger partial charge in [-0.05, 0) is 19.0 Å². The van der Waals surface area contributed by atoms with E-state index in [1.165, 1.54) is 0 Å². The van der Waals surface area contributed by atoms with E-state index in [9.17, 15) is 10.2 Å². The van der Waals surface area contributed by atoms with E-state index < -0.39 is 11.7 Å². The molecule has 1 aromatic rings. The molecule has 100 valence electrons. The number of hydrogen-bond acceptors (Lipinski definition) is 4. The Morgan fingerprint density at radius 3 is 2.67 bits per heavy atom. The molecule has 1 aliphatic rings. The van der Waals surface area contributed by atoms with Crippen LogP contribution in [0.2, 0.25) is 0 Å². The molecule has 1 heterocycles. The minimum absolute atomic E-state index is 0.125. The van der Waals surface area contributed by atoms with Crippen LogP contribution < -0.4 is 0 Å². The average Bonchev–Trinajstić information content (AvgIpc) is 2.66. The molecule has 2 rings (SSSR count). The van der Waals surface area contributed by atoms with Crippen molar-refractivity contribution in [3.8, 4) is 0 Å². The predicted octanol–water partition coefficient (Wildman–Crippen LogP) is 0.538. The van der Waals surface area contributed by atoms with Gasteiger partial charge in [-0.15, -0.1) is 0 Å². The number of rotatable bonds is 4. The molecule has 0 amide bonds. The van der Waals surface area contributed by atoms with E-state index in [1.807, 2.05) is 37.4 Å². The van der Waals surface area contributed by atoms with Crippen LogP contribution in [0.3, 0.4) is 0 Å². The van der Waals surface area contributed by atoms with E-state index in [1.54, 1.807) is 0 Å². The standard InChI is InChI=1S/C14H21NO3/c1-15-8-7-14(18,9-12(17)10-16)13(15)11-5-3-2-4-6-11/h2-6,12-13,16-18H,7-10H2,1H3. The summed E-state index contributed by atoms with van der Waals surface area (Å²) in [6.07, 6.45) is -0.0548. The van der Waals surface area contributed by atoms with E-state index in [-0.39, 0.29) is 19.1 Å². The van der Waals surface area contributed by atoms with Crippen LogP contribution in [0.15, 0.2) is 30.3 Å². The summed E-state index contributed by atoms with van der Waals surface area (Å²) in [5.74, 6) is 0. The number of likely N-dealkylation sites (tertiary alicyclic amines) is 1. The molecule has 0 saturated carbocycles. The zero-order valence-corrected chi connectivity index (χ0v) is 10.7. The maximum absolute atomic E-state index is 10.8. The van der Waals surface area contributed by atoms with Crippen molar-refractivity contribution in [1.29, 1.82) is 0 Å². The molecule has 1 fully saturated rings. The molecule has 4 nitrogen and oxygen atoms in total. The van der Waals surface area contributed by atoms with Crippen LogP contribution in [0.25, 0.3) is 0 Å². The van der Waals surface area contributed by atoms with Crippen LogP contribution in [-0.4, -0.2) is 52.1 Å². The number of nitrogens with zero attached hydrogens (tertiary/aromatic N) is 1. The summed E-state index contributed by atoms with van der Waals surface area (Å²) in [6, 6.07) is 9.69. The second-order valence-electron chi connectivity index (χ2n) is 5.19. The molecule has 0 radical (unpaired) electrons. The molecule has 1 aliphatic heterocycles. The van der Waals surface area contributed by atoms with Gasteiger partial charge in [0, 0.05) is 13.0 Å². The average molecular weight is 251 g/mol. The summed E-state index contributed by atoms with van der Waals surface area (Å²) in [5.41, 5.74) is 0.0725. The Morgan fingerprint density at radius 2 is 2.06 bits per heavy atom. The van der Waals surface area contributed by atoms with Gasteiger partial charge in [0.05, 0.1) is 24.4 Å². The third-order valence-corrected chi connectivity index (χ3v) is 3.76. The lowest BCUT2D eigenvalue weighted by Gasteiger charge is -2.34. The van der Waals surface area contributed by atoms with Gasteiger partial charge in [0.25, 0.3) is 0 Å². The summed E-state index contributed by atoms with van der Waals surface area (Å²) in [7, 11) is 1.97. The van der Waals surface area contributed by atoms with Gasteiger partial charge in [-0.1, -0.05) is 30.3 Å². The fraction of sp³-hybridized carbons (Fsp3) is 0.571. The van der Waals surface area contributed by atoms with Gasteiger partial charge in [0.1, 0.15) is 0 Å². The van der Waals surface area contributed by atoms with E-state index >= 15 is 0 Å². The van der Waals surface area contributed by atoms with Gasteiger partial charge in [-0.3, -0.25) is 4.90 Å². The first kappa shape index (κ1) is 13.5. The van der Waals surface area contributed by atoms with Crippen LogP contribution in [0.5, 0.6) is 0 Å². The molecule has 0 spiro atoms. The molecule has 3 N–H and O–H groups in total. The summed E-state index contributed by atoms with van der Waals surface area (Å²) in [6.45, 7) is 0.474. The second kappa shape index (κ2) is 5.36. The molecule has 18 heavy (non-hydrogen) atoms. The SMILES string of the molecule is CN1CCC(O)(CC(O)CO)C1c1ccccc1. The number of aliphatic hydroxyl groups is 3. The number of hydrogen-bond donors (Lipinski definition) is 3. The van der Waals surface area contributed by atoms with E-state index in [4.69, 9.17) is 5.11 Å². The van der Waals surface area contributed by atoms with E-state index in [2.05, 4.69) is 4.90 Å². The molecule has 0 bridgehead atoms. The van der Waals surface area contributed by atoms with E-state index in [0.717, 1.165) is 12.1 Å². The van der Waals surface area contributed by atoms with Crippen LogP contribution in [-0.2, 0) is 0 Å². The Kier molecular flexibility index (Phi) is 4.02. The molecular formula is C14H21NO3.